The molecule has 0 N–H and O–H groups in total. The first-order chi connectivity index (χ1) is 13.9. The molecule has 0 bridgehead atoms. The first-order valence-electron chi connectivity index (χ1n) is 9.26. The molecule has 6 nitrogen and oxygen atoms in total. The maximum absolute atomic E-state index is 12.8. The van der Waals surface area contributed by atoms with Crippen LogP contribution in [0.25, 0.3) is 0 Å². The number of halogens is 3. The molecule has 1 amide bonds. The molecule has 2 aromatic rings. The zero-order valence-corrected chi connectivity index (χ0v) is 16.2. The summed E-state index contributed by atoms with van der Waals surface area (Å²) in [4.78, 5) is 34.8. The minimum atomic E-state index is -2.62. The van der Waals surface area contributed by atoms with Crippen molar-refractivity contribution in [2.24, 2.45) is 5.92 Å². The Morgan fingerprint density at radius 2 is 2.14 bits per heavy atom. The Morgan fingerprint density at radius 1 is 1.34 bits per heavy atom. The molecule has 1 aliphatic carbocycles. The highest BCUT2D eigenvalue weighted by Crippen LogP contribution is 2.33. The van der Waals surface area contributed by atoms with Crippen molar-refractivity contribution in [2.75, 3.05) is 6.61 Å². The molecule has 1 aliphatic heterocycles. The molecular formula is C20H18ClF2N3O3. The van der Waals surface area contributed by atoms with Crippen LogP contribution >= 0.6 is 11.6 Å². The molecule has 3 heterocycles. The van der Waals surface area contributed by atoms with Crippen LogP contribution in [-0.4, -0.2) is 39.6 Å². The van der Waals surface area contributed by atoms with Gasteiger partial charge in [-0.05, 0) is 30.5 Å². The molecule has 4 rings (SSSR count). The van der Waals surface area contributed by atoms with Gasteiger partial charge in [-0.15, -0.1) is 0 Å². The monoisotopic (exact) mass is 421 g/mol. The summed E-state index contributed by atoms with van der Waals surface area (Å²) in [5.74, 6) is 0.0838. The van der Waals surface area contributed by atoms with Gasteiger partial charge in [-0.2, -0.15) is 0 Å². The van der Waals surface area contributed by atoms with Crippen molar-refractivity contribution in [3.63, 3.8) is 0 Å². The van der Waals surface area contributed by atoms with Crippen molar-refractivity contribution in [1.82, 2.24) is 14.9 Å². The van der Waals surface area contributed by atoms with Gasteiger partial charge in [0, 0.05) is 48.9 Å². The fourth-order valence-corrected chi connectivity index (χ4v) is 3.60. The third kappa shape index (κ3) is 4.37. The Hall–Kier alpha value is -2.61. The number of ether oxygens (including phenoxy) is 1. The number of hydrogen-bond donors (Lipinski definition) is 0. The van der Waals surface area contributed by atoms with E-state index in [0.717, 1.165) is 18.4 Å². The Labute approximate surface area is 170 Å². The number of pyridine rings is 2. The number of carbonyl (C=O) groups excluding carboxylic acids is 2. The van der Waals surface area contributed by atoms with E-state index in [-0.39, 0.29) is 41.5 Å². The fraction of sp³-hybridized carbons (Fsp3) is 0.400. The molecule has 0 aromatic carbocycles. The summed E-state index contributed by atoms with van der Waals surface area (Å²) in [5, 5.41) is 0.102. The second kappa shape index (κ2) is 8.02. The van der Waals surface area contributed by atoms with Crippen LogP contribution in [0.3, 0.4) is 0 Å². The Balaban J connectivity index is 1.47. The molecule has 29 heavy (non-hydrogen) atoms. The summed E-state index contributed by atoms with van der Waals surface area (Å²) in [6.07, 6.45) is 2.50. The van der Waals surface area contributed by atoms with Gasteiger partial charge in [0.15, 0.2) is 6.61 Å². The number of rotatable bonds is 8. The second-order valence-corrected chi connectivity index (χ2v) is 7.60. The summed E-state index contributed by atoms with van der Waals surface area (Å²) >= 11 is 6.06. The lowest BCUT2D eigenvalue weighted by Gasteiger charge is -2.16. The second-order valence-electron chi connectivity index (χ2n) is 7.19. The first-order valence-corrected chi connectivity index (χ1v) is 9.64. The molecule has 0 atom stereocenters. The van der Waals surface area contributed by atoms with Crippen molar-refractivity contribution in [1.29, 1.82) is 0 Å². The van der Waals surface area contributed by atoms with Crippen molar-refractivity contribution in [3.05, 3.63) is 51.9 Å². The Morgan fingerprint density at radius 3 is 2.83 bits per heavy atom. The van der Waals surface area contributed by atoms with Crippen LogP contribution in [0.1, 0.15) is 40.0 Å². The quantitative estimate of drug-likeness (QED) is 0.652. The van der Waals surface area contributed by atoms with Gasteiger partial charge in [0.2, 0.25) is 5.88 Å². The third-order valence-corrected chi connectivity index (χ3v) is 5.24. The first kappa shape index (κ1) is 19.7. The highest BCUT2D eigenvalue weighted by Gasteiger charge is 2.33. The maximum Gasteiger partial charge on any atom is 0.272 e. The average Bonchev–Trinajstić information content (AvgIpc) is 3.48. The minimum absolute atomic E-state index is 0.0724. The predicted octanol–water partition coefficient (Wildman–Crippen LogP) is 3.45. The third-order valence-electron chi connectivity index (χ3n) is 4.97. The van der Waals surface area contributed by atoms with Crippen molar-refractivity contribution < 1.29 is 23.1 Å². The van der Waals surface area contributed by atoms with E-state index in [9.17, 15) is 18.4 Å². The SMILES string of the molecule is O=C(Cc1nccc2c1CN(Cc1cnc(OCC(F)F)c(Cl)c1)C2=O)C1CC1. The number of amides is 1. The molecule has 0 unspecified atom stereocenters. The van der Waals surface area contributed by atoms with Crippen LogP contribution in [0.15, 0.2) is 24.5 Å². The number of nitrogens with zero attached hydrogens (tertiary/aromatic N) is 3. The van der Waals surface area contributed by atoms with Gasteiger partial charge in [-0.3, -0.25) is 14.6 Å². The highest BCUT2D eigenvalue weighted by molar-refractivity contribution is 6.31. The van der Waals surface area contributed by atoms with E-state index in [1.54, 1.807) is 23.2 Å². The van der Waals surface area contributed by atoms with Gasteiger partial charge in [0.25, 0.3) is 12.3 Å². The molecule has 2 aromatic heterocycles. The van der Waals surface area contributed by atoms with Crippen molar-refractivity contribution >= 4 is 23.3 Å². The zero-order chi connectivity index (χ0) is 20.5. The van der Waals surface area contributed by atoms with Gasteiger partial charge in [-0.1, -0.05) is 11.6 Å². The van der Waals surface area contributed by atoms with Crippen LogP contribution in [0.2, 0.25) is 5.02 Å². The lowest BCUT2D eigenvalue weighted by molar-refractivity contribution is -0.119. The number of alkyl halides is 2. The van der Waals surface area contributed by atoms with E-state index in [4.69, 9.17) is 16.3 Å². The van der Waals surface area contributed by atoms with Gasteiger partial charge < -0.3 is 9.64 Å². The summed E-state index contributed by atoms with van der Waals surface area (Å²) in [7, 11) is 0. The van der Waals surface area contributed by atoms with Crippen molar-refractivity contribution in [2.45, 2.75) is 38.8 Å². The lowest BCUT2D eigenvalue weighted by atomic mass is 10.0. The van der Waals surface area contributed by atoms with E-state index < -0.39 is 13.0 Å². The summed E-state index contributed by atoms with van der Waals surface area (Å²) in [6.45, 7) is -0.205. The standard InChI is InChI=1S/C20H18ClF2N3O3/c21-15-5-11(7-25-19(15)29-10-18(22)23)8-26-9-14-13(20(26)28)3-4-24-16(14)6-17(27)12-1-2-12/h3-5,7,12,18H,1-2,6,8-10H2. The molecule has 0 radical (unpaired) electrons. The number of carbonyl (C=O) groups is 2. The Kier molecular flexibility index (Phi) is 5.45. The lowest BCUT2D eigenvalue weighted by Crippen LogP contribution is -2.23. The van der Waals surface area contributed by atoms with Gasteiger partial charge in [0.1, 0.15) is 10.8 Å². The number of Topliss-reactive ketones (excluding diaryl/α,β-unsaturated/α-hetero) is 1. The minimum Gasteiger partial charge on any atom is -0.471 e. The normalized spacial score (nSPS) is 15.7. The smallest absolute Gasteiger partial charge is 0.272 e. The van der Waals surface area contributed by atoms with Gasteiger partial charge in [0.05, 0.1) is 5.69 Å². The van der Waals surface area contributed by atoms with E-state index in [1.807, 2.05) is 0 Å². The molecule has 1 fully saturated rings. The summed E-state index contributed by atoms with van der Waals surface area (Å²) < 4.78 is 29.4. The van der Waals surface area contributed by atoms with Crippen LogP contribution in [-0.2, 0) is 24.3 Å². The van der Waals surface area contributed by atoms with E-state index in [2.05, 4.69) is 9.97 Å². The predicted molar refractivity (Wildman–Crippen MR) is 100.0 cm³/mol. The van der Waals surface area contributed by atoms with Crippen LogP contribution < -0.4 is 4.74 Å². The molecule has 2 aliphatic rings. The van der Waals surface area contributed by atoms with Gasteiger partial charge in [-0.25, -0.2) is 13.8 Å². The van der Waals surface area contributed by atoms with Crippen LogP contribution in [0, 0.1) is 5.92 Å². The molecule has 9 heteroatoms. The molecular weight excluding hydrogens is 404 g/mol. The van der Waals surface area contributed by atoms with Gasteiger partial charge >= 0.3 is 0 Å². The highest BCUT2D eigenvalue weighted by atomic mass is 35.5. The Bertz CT molecular complexity index is 966. The van der Waals surface area contributed by atoms with E-state index in [0.29, 0.717) is 23.4 Å². The summed E-state index contributed by atoms with van der Waals surface area (Å²) in [6, 6.07) is 3.21. The number of aromatic nitrogens is 2. The van der Waals surface area contributed by atoms with Crippen LogP contribution in [0.5, 0.6) is 5.88 Å². The maximum atomic E-state index is 12.8. The molecule has 1 saturated carbocycles. The molecule has 152 valence electrons. The summed E-state index contributed by atoms with van der Waals surface area (Å²) in [5.41, 5.74) is 2.63. The number of fused-ring (bicyclic) bond motifs is 1. The van der Waals surface area contributed by atoms with E-state index in [1.165, 1.54) is 6.20 Å². The number of hydrogen-bond acceptors (Lipinski definition) is 5. The molecule has 0 spiro atoms. The number of ketones is 1. The van der Waals surface area contributed by atoms with E-state index >= 15 is 0 Å². The fourth-order valence-electron chi connectivity index (χ4n) is 3.36. The topological polar surface area (TPSA) is 72.4 Å². The van der Waals surface area contributed by atoms with Crippen LogP contribution in [0.4, 0.5) is 8.78 Å². The zero-order valence-electron chi connectivity index (χ0n) is 15.4. The largest absolute Gasteiger partial charge is 0.471 e. The average molecular weight is 422 g/mol. The van der Waals surface area contributed by atoms with Crippen molar-refractivity contribution in [3.8, 4) is 5.88 Å². The molecule has 0 saturated heterocycles.